The lowest BCUT2D eigenvalue weighted by atomic mass is 10.0. The summed E-state index contributed by atoms with van der Waals surface area (Å²) in [5.41, 5.74) is 1.06. The topological polar surface area (TPSA) is 59.3 Å². The largest absolute Gasteiger partial charge is 0.496 e. The average Bonchev–Trinajstić information content (AvgIpc) is 2.52. The van der Waals surface area contributed by atoms with Gasteiger partial charge in [-0.15, -0.1) is 0 Å². The van der Waals surface area contributed by atoms with Crippen molar-refractivity contribution in [3.63, 3.8) is 0 Å². The van der Waals surface area contributed by atoms with Gasteiger partial charge in [0.15, 0.2) is 12.4 Å². The van der Waals surface area contributed by atoms with Crippen LogP contribution in [0.4, 0.5) is 0 Å². The number of ketones is 1. The Hall–Kier alpha value is -2.80. The fraction of sp³-hybridized carbons (Fsp3) is 0.125. The van der Waals surface area contributed by atoms with Gasteiger partial charge in [-0.2, -0.15) is 5.26 Å². The molecule has 0 fully saturated rings. The zero-order valence-electron chi connectivity index (χ0n) is 11.0. The summed E-state index contributed by atoms with van der Waals surface area (Å²) in [7, 11) is 1.53. The third-order valence-electron chi connectivity index (χ3n) is 2.77. The second-order valence-corrected chi connectivity index (χ2v) is 4.00. The summed E-state index contributed by atoms with van der Waals surface area (Å²) >= 11 is 0. The van der Waals surface area contributed by atoms with Crippen molar-refractivity contribution < 1.29 is 14.3 Å². The van der Waals surface area contributed by atoms with E-state index < -0.39 is 0 Å². The van der Waals surface area contributed by atoms with E-state index in [1.165, 1.54) is 7.11 Å². The van der Waals surface area contributed by atoms with Crippen LogP contribution in [-0.2, 0) is 0 Å². The van der Waals surface area contributed by atoms with Crippen LogP contribution in [0.1, 0.15) is 15.9 Å². The number of hydrogen-bond acceptors (Lipinski definition) is 4. The number of ether oxygens (including phenoxy) is 2. The highest BCUT2D eigenvalue weighted by molar-refractivity contribution is 6.10. The molecular formula is C16H13NO3. The minimum absolute atomic E-state index is 0.0141. The lowest BCUT2D eigenvalue weighted by Gasteiger charge is -2.08. The zero-order valence-corrected chi connectivity index (χ0v) is 11.0. The van der Waals surface area contributed by atoms with Gasteiger partial charge in [-0.3, -0.25) is 4.79 Å². The highest BCUT2D eigenvalue weighted by Crippen LogP contribution is 2.22. The van der Waals surface area contributed by atoms with Crippen LogP contribution in [0.15, 0.2) is 48.5 Å². The minimum atomic E-state index is -0.116. The molecule has 0 aliphatic heterocycles. The predicted molar refractivity (Wildman–Crippen MR) is 74.0 cm³/mol. The Kier molecular flexibility index (Phi) is 4.35. The predicted octanol–water partition coefficient (Wildman–Crippen LogP) is 2.83. The van der Waals surface area contributed by atoms with E-state index in [0.717, 1.165) is 0 Å². The molecule has 0 spiro atoms. The van der Waals surface area contributed by atoms with Crippen molar-refractivity contribution in [3.8, 4) is 17.6 Å². The van der Waals surface area contributed by atoms with Crippen molar-refractivity contribution >= 4 is 5.78 Å². The summed E-state index contributed by atoms with van der Waals surface area (Å²) < 4.78 is 10.3. The maximum Gasteiger partial charge on any atom is 0.196 e. The number of rotatable bonds is 5. The number of carbonyl (C=O) groups is 1. The lowest BCUT2D eigenvalue weighted by Crippen LogP contribution is -2.04. The zero-order chi connectivity index (χ0) is 14.4. The molecule has 2 rings (SSSR count). The number of nitriles is 1. The van der Waals surface area contributed by atoms with E-state index in [9.17, 15) is 4.79 Å². The second kappa shape index (κ2) is 6.39. The van der Waals surface area contributed by atoms with Crippen molar-refractivity contribution in [1.29, 1.82) is 5.26 Å². The van der Waals surface area contributed by atoms with Crippen LogP contribution in [0.25, 0.3) is 0 Å². The number of methoxy groups -OCH3 is 1. The molecule has 0 radical (unpaired) electrons. The van der Waals surface area contributed by atoms with Gasteiger partial charge >= 0.3 is 0 Å². The Balaban J connectivity index is 2.23. The first-order valence-corrected chi connectivity index (χ1v) is 6.04. The first kappa shape index (κ1) is 13.6. The van der Waals surface area contributed by atoms with Gasteiger partial charge in [-0.05, 0) is 36.4 Å². The second-order valence-electron chi connectivity index (χ2n) is 4.00. The summed E-state index contributed by atoms with van der Waals surface area (Å²) in [6, 6.07) is 15.6. The molecule has 100 valence electrons. The van der Waals surface area contributed by atoms with Crippen LogP contribution in [-0.4, -0.2) is 19.5 Å². The summed E-state index contributed by atoms with van der Waals surface area (Å²) in [5.74, 6) is 0.986. The number of carbonyl (C=O) groups excluding carboxylic acids is 1. The van der Waals surface area contributed by atoms with Gasteiger partial charge in [0, 0.05) is 5.56 Å². The molecule has 0 saturated carbocycles. The van der Waals surface area contributed by atoms with Gasteiger partial charge < -0.3 is 9.47 Å². The summed E-state index contributed by atoms with van der Waals surface area (Å²) in [4.78, 5) is 12.4. The van der Waals surface area contributed by atoms with E-state index in [4.69, 9.17) is 14.7 Å². The molecule has 0 bridgehead atoms. The SMILES string of the molecule is COc1ccccc1C(=O)c1ccc(OCC#N)cc1. The van der Waals surface area contributed by atoms with Crippen molar-refractivity contribution in [1.82, 2.24) is 0 Å². The average molecular weight is 267 g/mol. The molecule has 2 aromatic rings. The van der Waals surface area contributed by atoms with E-state index in [1.807, 2.05) is 12.1 Å². The third kappa shape index (κ3) is 2.96. The highest BCUT2D eigenvalue weighted by atomic mass is 16.5. The van der Waals surface area contributed by atoms with Crippen LogP contribution < -0.4 is 9.47 Å². The Morgan fingerprint density at radius 3 is 2.50 bits per heavy atom. The molecule has 0 aliphatic rings. The van der Waals surface area contributed by atoms with E-state index in [1.54, 1.807) is 42.5 Å². The lowest BCUT2D eigenvalue weighted by molar-refractivity contribution is 0.103. The molecule has 0 unspecified atom stereocenters. The summed E-state index contributed by atoms with van der Waals surface area (Å²) in [6.07, 6.45) is 0. The van der Waals surface area contributed by atoms with Crippen LogP contribution in [0.5, 0.6) is 11.5 Å². The molecule has 0 N–H and O–H groups in total. The number of benzene rings is 2. The molecule has 0 aromatic heterocycles. The first-order chi connectivity index (χ1) is 9.76. The Bertz CT molecular complexity index is 642. The maximum atomic E-state index is 12.4. The molecule has 0 aliphatic carbocycles. The smallest absolute Gasteiger partial charge is 0.196 e. The monoisotopic (exact) mass is 267 g/mol. The van der Waals surface area contributed by atoms with Crippen molar-refractivity contribution in [2.75, 3.05) is 13.7 Å². The summed E-state index contributed by atoms with van der Waals surface area (Å²) in [5, 5.41) is 8.43. The van der Waals surface area contributed by atoms with Gasteiger partial charge in [0.25, 0.3) is 0 Å². The third-order valence-corrected chi connectivity index (χ3v) is 2.77. The van der Waals surface area contributed by atoms with Gasteiger partial charge in [0.05, 0.1) is 12.7 Å². The quantitative estimate of drug-likeness (QED) is 0.781. The molecule has 0 heterocycles. The normalized spacial score (nSPS) is 9.60. The molecule has 20 heavy (non-hydrogen) atoms. The Labute approximate surface area is 117 Å². The molecule has 4 heteroatoms. The fourth-order valence-corrected chi connectivity index (χ4v) is 1.81. The van der Waals surface area contributed by atoms with Gasteiger partial charge in [0.2, 0.25) is 0 Å². The fourth-order valence-electron chi connectivity index (χ4n) is 1.81. The van der Waals surface area contributed by atoms with Crippen molar-refractivity contribution in [3.05, 3.63) is 59.7 Å². The molecule has 4 nitrogen and oxygen atoms in total. The Morgan fingerprint density at radius 1 is 1.15 bits per heavy atom. The maximum absolute atomic E-state index is 12.4. The number of nitrogens with zero attached hydrogens (tertiary/aromatic N) is 1. The van der Waals surface area contributed by atoms with Crippen LogP contribution in [0.3, 0.4) is 0 Å². The van der Waals surface area contributed by atoms with Gasteiger partial charge in [-0.25, -0.2) is 0 Å². The van der Waals surface area contributed by atoms with Crippen LogP contribution in [0.2, 0.25) is 0 Å². The van der Waals surface area contributed by atoms with Crippen LogP contribution in [0, 0.1) is 11.3 Å². The van der Waals surface area contributed by atoms with E-state index in [0.29, 0.717) is 22.6 Å². The number of hydrogen-bond donors (Lipinski definition) is 0. The van der Waals surface area contributed by atoms with Gasteiger partial charge in [-0.1, -0.05) is 12.1 Å². The summed E-state index contributed by atoms with van der Waals surface area (Å²) in [6.45, 7) is -0.0141. The standard InChI is InChI=1S/C16H13NO3/c1-19-15-5-3-2-4-14(15)16(18)12-6-8-13(9-7-12)20-11-10-17/h2-9H,11H2,1H3. The molecule has 0 atom stereocenters. The van der Waals surface area contributed by atoms with Crippen molar-refractivity contribution in [2.24, 2.45) is 0 Å². The van der Waals surface area contributed by atoms with Gasteiger partial charge in [0.1, 0.15) is 17.6 Å². The molecule has 0 amide bonds. The van der Waals surface area contributed by atoms with Crippen LogP contribution >= 0.6 is 0 Å². The molecule has 2 aromatic carbocycles. The van der Waals surface area contributed by atoms with Crippen molar-refractivity contribution in [2.45, 2.75) is 0 Å². The first-order valence-electron chi connectivity index (χ1n) is 6.04. The Morgan fingerprint density at radius 2 is 1.85 bits per heavy atom. The highest BCUT2D eigenvalue weighted by Gasteiger charge is 2.13. The van der Waals surface area contributed by atoms with E-state index in [2.05, 4.69) is 0 Å². The minimum Gasteiger partial charge on any atom is -0.496 e. The van der Waals surface area contributed by atoms with E-state index >= 15 is 0 Å². The molecular weight excluding hydrogens is 254 g/mol. The number of para-hydroxylation sites is 1. The van der Waals surface area contributed by atoms with E-state index in [-0.39, 0.29) is 12.4 Å². The molecule has 0 saturated heterocycles.